The second-order valence-electron chi connectivity index (χ2n) is 6.19. The number of nitrogens with zero attached hydrogens (tertiary/aromatic N) is 3. The Morgan fingerprint density at radius 1 is 1.00 bits per heavy atom. The van der Waals surface area contributed by atoms with E-state index in [9.17, 15) is 0 Å². The summed E-state index contributed by atoms with van der Waals surface area (Å²) in [5.74, 6) is 2.24. The second-order valence-corrected chi connectivity index (χ2v) is 6.19. The molecule has 1 saturated heterocycles. The highest BCUT2D eigenvalue weighted by atomic mass is 15.2. The van der Waals surface area contributed by atoms with Gasteiger partial charge in [0.05, 0.1) is 0 Å². The van der Waals surface area contributed by atoms with Crippen LogP contribution in [0.1, 0.15) is 44.6 Å². The third-order valence-electron chi connectivity index (χ3n) is 4.15. The van der Waals surface area contributed by atoms with Gasteiger partial charge in [0.15, 0.2) is 0 Å². The summed E-state index contributed by atoms with van der Waals surface area (Å²) < 4.78 is 0. The number of hydrogen-bond acceptors (Lipinski definition) is 4. The first-order valence-corrected chi connectivity index (χ1v) is 8.17. The maximum absolute atomic E-state index is 4.65. The van der Waals surface area contributed by atoms with E-state index in [1.165, 1.54) is 24.8 Å². The third-order valence-corrected chi connectivity index (χ3v) is 4.15. The van der Waals surface area contributed by atoms with Gasteiger partial charge in [-0.15, -0.1) is 0 Å². The van der Waals surface area contributed by atoms with Crippen molar-refractivity contribution in [1.29, 1.82) is 0 Å². The lowest BCUT2D eigenvalue weighted by atomic mass is 10.0. The molecule has 3 rings (SSSR count). The number of anilines is 3. The van der Waals surface area contributed by atoms with E-state index in [0.717, 1.165) is 24.6 Å². The number of hydrogen-bond donors (Lipinski definition) is 1. The zero-order valence-corrected chi connectivity index (χ0v) is 13.4. The molecule has 0 spiro atoms. The van der Waals surface area contributed by atoms with Gasteiger partial charge in [-0.3, -0.25) is 0 Å². The molecule has 116 valence electrons. The van der Waals surface area contributed by atoms with E-state index < -0.39 is 0 Å². The molecule has 0 bridgehead atoms. The fraction of sp³-hybridized carbons (Fsp3) is 0.444. The average molecular weight is 296 g/mol. The van der Waals surface area contributed by atoms with Crippen LogP contribution in [0.4, 0.5) is 17.5 Å². The van der Waals surface area contributed by atoms with E-state index in [2.05, 4.69) is 58.3 Å². The minimum atomic E-state index is 0.549. The fourth-order valence-corrected chi connectivity index (χ4v) is 2.79. The molecule has 2 heterocycles. The highest BCUT2D eigenvalue weighted by Gasteiger charge is 2.12. The van der Waals surface area contributed by atoms with E-state index in [4.69, 9.17) is 0 Å². The quantitative estimate of drug-likeness (QED) is 0.911. The first-order valence-electron chi connectivity index (χ1n) is 8.17. The number of rotatable bonds is 4. The van der Waals surface area contributed by atoms with Crippen LogP contribution in [0.15, 0.2) is 36.5 Å². The summed E-state index contributed by atoms with van der Waals surface area (Å²) in [5, 5.41) is 3.30. The summed E-state index contributed by atoms with van der Waals surface area (Å²) >= 11 is 0. The van der Waals surface area contributed by atoms with Crippen molar-refractivity contribution in [2.24, 2.45) is 0 Å². The van der Waals surface area contributed by atoms with E-state index in [-0.39, 0.29) is 0 Å². The average Bonchev–Trinajstić information content (AvgIpc) is 2.56. The van der Waals surface area contributed by atoms with Crippen LogP contribution in [-0.2, 0) is 0 Å². The molecule has 22 heavy (non-hydrogen) atoms. The Morgan fingerprint density at radius 3 is 2.41 bits per heavy atom. The molecule has 1 aromatic carbocycles. The van der Waals surface area contributed by atoms with Crippen LogP contribution < -0.4 is 10.2 Å². The van der Waals surface area contributed by atoms with Crippen molar-refractivity contribution < 1.29 is 0 Å². The van der Waals surface area contributed by atoms with Gasteiger partial charge in [-0.05, 0) is 48.9 Å². The molecule has 0 aliphatic carbocycles. The van der Waals surface area contributed by atoms with E-state index in [1.807, 2.05) is 12.3 Å². The van der Waals surface area contributed by atoms with Crippen LogP contribution in [0.25, 0.3) is 0 Å². The Hall–Kier alpha value is -2.10. The van der Waals surface area contributed by atoms with Crippen molar-refractivity contribution >= 4 is 17.5 Å². The fourth-order valence-electron chi connectivity index (χ4n) is 2.79. The molecule has 4 nitrogen and oxygen atoms in total. The molecule has 4 heteroatoms. The molecular formula is C18H24N4. The first kappa shape index (κ1) is 14.8. The Balaban J connectivity index is 1.72. The minimum absolute atomic E-state index is 0.549. The highest BCUT2D eigenvalue weighted by Crippen LogP contribution is 2.21. The molecule has 1 N–H and O–H groups in total. The Kier molecular flexibility index (Phi) is 4.56. The SMILES string of the molecule is CC(C)c1ccc(Nc2nccc(N3CCCCC3)n2)cc1. The van der Waals surface area contributed by atoms with Crippen LogP contribution >= 0.6 is 0 Å². The Labute approximate surface area is 132 Å². The molecule has 1 aromatic heterocycles. The lowest BCUT2D eigenvalue weighted by Gasteiger charge is -2.27. The molecule has 1 aliphatic heterocycles. The van der Waals surface area contributed by atoms with Crippen molar-refractivity contribution in [3.63, 3.8) is 0 Å². The maximum Gasteiger partial charge on any atom is 0.229 e. The molecule has 0 radical (unpaired) electrons. The second kappa shape index (κ2) is 6.77. The van der Waals surface area contributed by atoms with Gasteiger partial charge in [0.1, 0.15) is 5.82 Å². The number of piperidine rings is 1. The number of nitrogens with one attached hydrogen (secondary N) is 1. The summed E-state index contributed by atoms with van der Waals surface area (Å²) in [4.78, 5) is 11.3. The van der Waals surface area contributed by atoms with Crippen molar-refractivity contribution in [3.05, 3.63) is 42.1 Å². The lowest BCUT2D eigenvalue weighted by Crippen LogP contribution is -2.30. The van der Waals surface area contributed by atoms with Gasteiger partial charge in [-0.25, -0.2) is 4.98 Å². The maximum atomic E-state index is 4.65. The topological polar surface area (TPSA) is 41.1 Å². The van der Waals surface area contributed by atoms with Crippen molar-refractivity contribution in [3.8, 4) is 0 Å². The molecule has 0 unspecified atom stereocenters. The van der Waals surface area contributed by atoms with Crippen LogP contribution in [-0.4, -0.2) is 23.1 Å². The van der Waals surface area contributed by atoms with Gasteiger partial charge in [-0.2, -0.15) is 4.98 Å². The Morgan fingerprint density at radius 2 is 1.73 bits per heavy atom. The molecular weight excluding hydrogens is 272 g/mol. The summed E-state index contributed by atoms with van der Waals surface area (Å²) in [7, 11) is 0. The predicted molar refractivity (Wildman–Crippen MR) is 91.9 cm³/mol. The largest absolute Gasteiger partial charge is 0.356 e. The van der Waals surface area contributed by atoms with E-state index in [0.29, 0.717) is 11.9 Å². The zero-order valence-electron chi connectivity index (χ0n) is 13.4. The van der Waals surface area contributed by atoms with Crippen molar-refractivity contribution in [2.75, 3.05) is 23.3 Å². The summed E-state index contributed by atoms with van der Waals surface area (Å²) in [6.45, 7) is 6.60. The van der Waals surface area contributed by atoms with Gasteiger partial charge < -0.3 is 10.2 Å². The molecule has 0 amide bonds. The van der Waals surface area contributed by atoms with Crippen molar-refractivity contribution in [2.45, 2.75) is 39.0 Å². The highest BCUT2D eigenvalue weighted by molar-refractivity contribution is 5.55. The van der Waals surface area contributed by atoms with E-state index in [1.54, 1.807) is 0 Å². The van der Waals surface area contributed by atoms with Crippen LogP contribution in [0.5, 0.6) is 0 Å². The molecule has 0 atom stereocenters. The van der Waals surface area contributed by atoms with Gasteiger partial charge in [0, 0.05) is 25.0 Å². The zero-order chi connectivity index (χ0) is 15.4. The third kappa shape index (κ3) is 3.56. The predicted octanol–water partition coefficient (Wildman–Crippen LogP) is 4.33. The Bertz CT molecular complexity index is 601. The summed E-state index contributed by atoms with van der Waals surface area (Å²) in [5.41, 5.74) is 2.37. The number of benzene rings is 1. The lowest BCUT2D eigenvalue weighted by molar-refractivity contribution is 0.573. The van der Waals surface area contributed by atoms with Crippen LogP contribution in [0.3, 0.4) is 0 Å². The number of aromatic nitrogens is 2. The standard InChI is InChI=1S/C18H24N4/c1-14(2)15-6-8-16(9-7-15)20-18-19-11-10-17(21-18)22-12-4-3-5-13-22/h6-11,14H,3-5,12-13H2,1-2H3,(H,19,20,21). The molecule has 0 saturated carbocycles. The first-order chi connectivity index (χ1) is 10.7. The van der Waals surface area contributed by atoms with Gasteiger partial charge in [0.2, 0.25) is 5.95 Å². The monoisotopic (exact) mass is 296 g/mol. The van der Waals surface area contributed by atoms with Crippen LogP contribution in [0.2, 0.25) is 0 Å². The minimum Gasteiger partial charge on any atom is -0.356 e. The van der Waals surface area contributed by atoms with Gasteiger partial charge >= 0.3 is 0 Å². The van der Waals surface area contributed by atoms with Crippen LogP contribution in [0, 0.1) is 0 Å². The van der Waals surface area contributed by atoms with Gasteiger partial charge in [-0.1, -0.05) is 26.0 Å². The smallest absolute Gasteiger partial charge is 0.229 e. The van der Waals surface area contributed by atoms with Gasteiger partial charge in [0.25, 0.3) is 0 Å². The summed E-state index contributed by atoms with van der Waals surface area (Å²) in [6.07, 6.45) is 5.67. The molecule has 1 fully saturated rings. The molecule has 2 aromatic rings. The summed E-state index contributed by atoms with van der Waals surface area (Å²) in [6, 6.07) is 10.5. The van der Waals surface area contributed by atoms with E-state index >= 15 is 0 Å². The van der Waals surface area contributed by atoms with Crippen molar-refractivity contribution in [1.82, 2.24) is 9.97 Å². The normalized spacial score (nSPS) is 15.1. The molecule has 1 aliphatic rings.